The first-order valence-corrected chi connectivity index (χ1v) is 6.69. The fourth-order valence-electron chi connectivity index (χ4n) is 1.82. The lowest BCUT2D eigenvalue weighted by Gasteiger charge is -2.24. The summed E-state index contributed by atoms with van der Waals surface area (Å²) in [6.45, 7) is 2.43. The standard InChI is InChI=1S/C14H20N2O6/c1-9-3-4-16(11(18)5-9)8-14(2,22)13(21)15-7-10(17)6-12(19)20/h3-5,10,17,22H,6-8H2,1-2H3,(H,15,21)(H,19,20). The van der Waals surface area contributed by atoms with Gasteiger partial charge in [-0.2, -0.15) is 0 Å². The van der Waals surface area contributed by atoms with E-state index in [9.17, 15) is 24.6 Å². The molecule has 8 heteroatoms. The summed E-state index contributed by atoms with van der Waals surface area (Å²) in [6.07, 6.45) is -0.294. The monoisotopic (exact) mass is 312 g/mol. The molecule has 0 aliphatic carbocycles. The van der Waals surface area contributed by atoms with Crippen LogP contribution in [0.3, 0.4) is 0 Å². The van der Waals surface area contributed by atoms with Crippen molar-refractivity contribution >= 4 is 11.9 Å². The number of aryl methyl sites for hydroxylation is 1. The zero-order valence-corrected chi connectivity index (χ0v) is 12.4. The molecule has 4 N–H and O–H groups in total. The number of carbonyl (C=O) groups is 2. The smallest absolute Gasteiger partial charge is 0.306 e. The number of pyridine rings is 1. The molecule has 22 heavy (non-hydrogen) atoms. The van der Waals surface area contributed by atoms with Gasteiger partial charge in [0.25, 0.3) is 11.5 Å². The lowest BCUT2D eigenvalue weighted by Crippen LogP contribution is -2.50. The van der Waals surface area contributed by atoms with Gasteiger partial charge in [-0.15, -0.1) is 0 Å². The summed E-state index contributed by atoms with van der Waals surface area (Å²) in [4.78, 5) is 34.0. The molecule has 122 valence electrons. The van der Waals surface area contributed by atoms with Crippen LogP contribution < -0.4 is 10.9 Å². The molecule has 0 saturated heterocycles. The molecule has 0 fully saturated rings. The fraction of sp³-hybridized carbons (Fsp3) is 0.500. The van der Waals surface area contributed by atoms with Crippen LogP contribution >= 0.6 is 0 Å². The van der Waals surface area contributed by atoms with Gasteiger partial charge in [-0.25, -0.2) is 0 Å². The second kappa shape index (κ2) is 7.19. The molecule has 8 nitrogen and oxygen atoms in total. The Bertz CT molecular complexity index is 608. The number of carbonyl (C=O) groups excluding carboxylic acids is 1. The Morgan fingerprint density at radius 3 is 2.64 bits per heavy atom. The van der Waals surface area contributed by atoms with Crippen LogP contribution in [0.2, 0.25) is 0 Å². The minimum absolute atomic E-state index is 0.257. The van der Waals surface area contributed by atoms with Crippen molar-refractivity contribution in [2.75, 3.05) is 6.54 Å². The number of nitrogens with zero attached hydrogens (tertiary/aromatic N) is 1. The van der Waals surface area contributed by atoms with E-state index in [4.69, 9.17) is 5.11 Å². The highest BCUT2D eigenvalue weighted by Crippen LogP contribution is 2.07. The maximum atomic E-state index is 11.9. The van der Waals surface area contributed by atoms with Crippen molar-refractivity contribution < 1.29 is 24.9 Å². The molecule has 1 aromatic rings. The number of aliphatic hydroxyl groups is 2. The SMILES string of the molecule is Cc1ccn(CC(C)(O)C(=O)NCC(O)CC(=O)O)c(=O)c1. The first-order chi connectivity index (χ1) is 10.1. The van der Waals surface area contributed by atoms with E-state index in [1.807, 2.05) is 0 Å². The molecule has 2 atom stereocenters. The van der Waals surface area contributed by atoms with Gasteiger partial charge in [0.05, 0.1) is 19.1 Å². The Morgan fingerprint density at radius 2 is 2.09 bits per heavy atom. The first kappa shape index (κ1) is 17.9. The zero-order chi connectivity index (χ0) is 16.9. The van der Waals surface area contributed by atoms with Crippen molar-refractivity contribution in [2.45, 2.75) is 38.5 Å². The molecule has 1 aromatic heterocycles. The van der Waals surface area contributed by atoms with E-state index in [0.717, 1.165) is 5.56 Å². The Balaban J connectivity index is 2.66. The number of carboxylic acid groups (broad SMARTS) is 1. The Kier molecular flexibility index (Phi) is 5.84. The Hall–Kier alpha value is -2.19. The molecule has 1 heterocycles. The summed E-state index contributed by atoms with van der Waals surface area (Å²) in [5.41, 5.74) is -1.46. The molecular weight excluding hydrogens is 292 g/mol. The van der Waals surface area contributed by atoms with E-state index in [1.54, 1.807) is 13.0 Å². The van der Waals surface area contributed by atoms with Gasteiger partial charge >= 0.3 is 5.97 Å². The Morgan fingerprint density at radius 1 is 1.45 bits per heavy atom. The summed E-state index contributed by atoms with van der Waals surface area (Å²) < 4.78 is 1.19. The highest BCUT2D eigenvalue weighted by molar-refractivity contribution is 5.84. The number of rotatable bonds is 7. The van der Waals surface area contributed by atoms with Gasteiger partial charge in [-0.3, -0.25) is 14.4 Å². The van der Waals surface area contributed by atoms with Gasteiger partial charge in [0.2, 0.25) is 0 Å². The van der Waals surface area contributed by atoms with Crippen molar-refractivity contribution in [2.24, 2.45) is 0 Å². The molecule has 0 spiro atoms. The number of aliphatic hydroxyl groups excluding tert-OH is 1. The summed E-state index contributed by atoms with van der Waals surface area (Å²) >= 11 is 0. The topological polar surface area (TPSA) is 129 Å². The number of nitrogens with one attached hydrogen (secondary N) is 1. The maximum Gasteiger partial charge on any atom is 0.306 e. The quantitative estimate of drug-likeness (QED) is 0.504. The van der Waals surface area contributed by atoms with Crippen molar-refractivity contribution in [3.05, 3.63) is 34.2 Å². The van der Waals surface area contributed by atoms with Gasteiger partial charge in [0, 0.05) is 18.8 Å². The number of hydrogen-bond acceptors (Lipinski definition) is 5. The zero-order valence-electron chi connectivity index (χ0n) is 12.4. The minimum atomic E-state index is -1.87. The number of aromatic nitrogens is 1. The minimum Gasteiger partial charge on any atom is -0.481 e. The number of aliphatic carboxylic acids is 1. The molecule has 2 unspecified atom stereocenters. The van der Waals surface area contributed by atoms with Crippen molar-refractivity contribution in [1.29, 1.82) is 0 Å². The molecule has 0 aliphatic rings. The largest absolute Gasteiger partial charge is 0.481 e. The van der Waals surface area contributed by atoms with Crippen molar-refractivity contribution in [1.82, 2.24) is 9.88 Å². The van der Waals surface area contributed by atoms with Crippen LogP contribution in [0.1, 0.15) is 18.9 Å². The summed E-state index contributed by atoms with van der Waals surface area (Å²) in [6, 6.07) is 3.05. The van der Waals surface area contributed by atoms with Crippen LogP contribution in [-0.2, 0) is 16.1 Å². The average Bonchev–Trinajstić information content (AvgIpc) is 2.38. The second-order valence-electron chi connectivity index (χ2n) is 5.41. The van der Waals surface area contributed by atoms with Gasteiger partial charge in [-0.1, -0.05) is 0 Å². The van der Waals surface area contributed by atoms with Gasteiger partial charge in [-0.05, 0) is 25.5 Å². The van der Waals surface area contributed by atoms with E-state index in [2.05, 4.69) is 5.32 Å². The van der Waals surface area contributed by atoms with E-state index in [1.165, 1.54) is 23.8 Å². The maximum absolute atomic E-state index is 11.9. The van der Waals surface area contributed by atoms with E-state index < -0.39 is 30.0 Å². The van der Waals surface area contributed by atoms with Crippen molar-refractivity contribution in [3.63, 3.8) is 0 Å². The third-order valence-electron chi connectivity index (χ3n) is 3.03. The van der Waals surface area contributed by atoms with Crippen LogP contribution in [-0.4, -0.2) is 50.0 Å². The molecule has 0 radical (unpaired) electrons. The molecule has 1 rings (SSSR count). The molecule has 0 saturated carbocycles. The van der Waals surface area contributed by atoms with Crippen LogP contribution in [0.15, 0.2) is 23.1 Å². The summed E-state index contributed by atoms with van der Waals surface area (Å²) in [5, 5.41) is 30.3. The highest BCUT2D eigenvalue weighted by atomic mass is 16.4. The molecule has 1 amide bonds. The van der Waals surface area contributed by atoms with E-state index in [-0.39, 0.29) is 18.6 Å². The predicted molar refractivity (Wildman–Crippen MR) is 77.3 cm³/mol. The molecule has 0 aromatic carbocycles. The number of amides is 1. The fourth-order valence-corrected chi connectivity index (χ4v) is 1.82. The average molecular weight is 312 g/mol. The second-order valence-corrected chi connectivity index (χ2v) is 5.41. The lowest BCUT2D eigenvalue weighted by molar-refractivity contribution is -0.142. The van der Waals surface area contributed by atoms with Crippen molar-refractivity contribution in [3.8, 4) is 0 Å². The normalized spacial score (nSPS) is 14.9. The first-order valence-electron chi connectivity index (χ1n) is 6.69. The van der Waals surface area contributed by atoms with E-state index >= 15 is 0 Å². The summed E-state index contributed by atoms with van der Waals surface area (Å²) in [7, 11) is 0. The van der Waals surface area contributed by atoms with Gasteiger partial charge in [0.15, 0.2) is 5.60 Å². The lowest BCUT2D eigenvalue weighted by atomic mass is 10.1. The number of carboxylic acids is 1. The number of hydrogen-bond donors (Lipinski definition) is 4. The highest BCUT2D eigenvalue weighted by Gasteiger charge is 2.31. The summed E-state index contributed by atoms with van der Waals surface area (Å²) in [5.74, 6) is -2.00. The predicted octanol–water partition coefficient (Wildman–Crippen LogP) is -1.14. The van der Waals surface area contributed by atoms with Crippen LogP contribution in [0, 0.1) is 6.92 Å². The molecule has 0 aliphatic heterocycles. The van der Waals surface area contributed by atoms with Gasteiger partial charge < -0.3 is 25.2 Å². The van der Waals surface area contributed by atoms with Crippen LogP contribution in [0.5, 0.6) is 0 Å². The van der Waals surface area contributed by atoms with E-state index in [0.29, 0.717) is 0 Å². The van der Waals surface area contributed by atoms with Crippen LogP contribution in [0.4, 0.5) is 0 Å². The third-order valence-corrected chi connectivity index (χ3v) is 3.03. The van der Waals surface area contributed by atoms with Crippen LogP contribution in [0.25, 0.3) is 0 Å². The molecular formula is C14H20N2O6. The molecule has 0 bridgehead atoms. The Labute approximate surface area is 127 Å². The third kappa shape index (κ3) is 5.30. The van der Waals surface area contributed by atoms with Gasteiger partial charge in [0.1, 0.15) is 0 Å².